The molecule has 0 saturated carbocycles. The summed E-state index contributed by atoms with van der Waals surface area (Å²) in [6.07, 6.45) is 0. The number of para-hydroxylation sites is 1. The van der Waals surface area contributed by atoms with Crippen LogP contribution in [0.2, 0.25) is 0 Å². The van der Waals surface area contributed by atoms with E-state index in [4.69, 9.17) is 9.47 Å². The highest BCUT2D eigenvalue weighted by molar-refractivity contribution is 6.00. The highest BCUT2D eigenvalue weighted by Crippen LogP contribution is 2.39. The lowest BCUT2D eigenvalue weighted by Gasteiger charge is -2.17. The normalized spacial score (nSPS) is 10.6. The Balaban J connectivity index is 1.77. The molecule has 0 aliphatic rings. The predicted molar refractivity (Wildman–Crippen MR) is 129 cm³/mol. The molecule has 160 valence electrons. The molecule has 4 aromatic carbocycles. The molecule has 0 aliphatic carbocycles. The van der Waals surface area contributed by atoms with Gasteiger partial charge in [-0.2, -0.15) is 0 Å². The molecule has 0 atom stereocenters. The maximum Gasteiger partial charge on any atom is 0.338 e. The molecule has 3 heteroatoms. The third-order valence-electron chi connectivity index (χ3n) is 5.30. The van der Waals surface area contributed by atoms with Crippen molar-refractivity contribution in [2.45, 2.75) is 20.5 Å². The van der Waals surface area contributed by atoms with E-state index in [0.717, 1.165) is 39.1 Å². The van der Waals surface area contributed by atoms with E-state index in [2.05, 4.69) is 24.3 Å². The molecule has 0 bridgehead atoms. The van der Waals surface area contributed by atoms with E-state index in [1.165, 1.54) is 0 Å². The Hall–Kier alpha value is -3.85. The number of aryl methyl sites for hydroxylation is 1. The lowest BCUT2D eigenvalue weighted by molar-refractivity contribution is 0.0527. The fraction of sp³-hybridized carbons (Fsp3) is 0.138. The standard InChI is InChI=1S/C29H26O3/c1-3-31-29(30)27-19-21(2)17-18-25(27)23-13-7-8-14-24(23)26-15-9-10-16-28(26)32-20-22-11-5-4-6-12-22/h4-19H,3,20H2,1-2H3. The minimum absolute atomic E-state index is 0.311. The average molecular weight is 423 g/mol. The number of esters is 1. The molecule has 0 heterocycles. The van der Waals surface area contributed by atoms with Gasteiger partial charge in [-0.3, -0.25) is 0 Å². The number of rotatable bonds is 7. The smallest absolute Gasteiger partial charge is 0.338 e. The first-order chi connectivity index (χ1) is 15.7. The van der Waals surface area contributed by atoms with Gasteiger partial charge in [0, 0.05) is 5.56 Å². The zero-order valence-electron chi connectivity index (χ0n) is 18.4. The van der Waals surface area contributed by atoms with Crippen LogP contribution in [0.1, 0.15) is 28.4 Å². The van der Waals surface area contributed by atoms with E-state index in [0.29, 0.717) is 18.8 Å². The summed E-state index contributed by atoms with van der Waals surface area (Å²) in [4.78, 5) is 12.7. The highest BCUT2D eigenvalue weighted by Gasteiger charge is 2.18. The van der Waals surface area contributed by atoms with Crippen LogP contribution in [0, 0.1) is 6.92 Å². The highest BCUT2D eigenvalue weighted by atomic mass is 16.5. The average Bonchev–Trinajstić information content (AvgIpc) is 2.84. The van der Waals surface area contributed by atoms with Gasteiger partial charge in [-0.25, -0.2) is 4.79 Å². The summed E-state index contributed by atoms with van der Waals surface area (Å²) >= 11 is 0. The van der Waals surface area contributed by atoms with E-state index in [1.807, 2.05) is 86.6 Å². The predicted octanol–water partition coefficient (Wildman–Crippen LogP) is 7.08. The van der Waals surface area contributed by atoms with E-state index in [9.17, 15) is 4.79 Å². The lowest BCUT2D eigenvalue weighted by Crippen LogP contribution is -2.07. The van der Waals surface area contributed by atoms with Crippen LogP contribution in [0.25, 0.3) is 22.3 Å². The first-order valence-electron chi connectivity index (χ1n) is 10.8. The molecule has 0 aromatic heterocycles. The molecule has 0 spiro atoms. The monoisotopic (exact) mass is 422 g/mol. The van der Waals surface area contributed by atoms with Gasteiger partial charge in [-0.1, -0.05) is 90.5 Å². The number of carbonyl (C=O) groups excluding carboxylic acids is 1. The van der Waals surface area contributed by atoms with Crippen LogP contribution >= 0.6 is 0 Å². The van der Waals surface area contributed by atoms with E-state index >= 15 is 0 Å². The van der Waals surface area contributed by atoms with Gasteiger partial charge in [0.05, 0.1) is 12.2 Å². The fourth-order valence-corrected chi connectivity index (χ4v) is 3.77. The Labute approximate surface area is 189 Å². The van der Waals surface area contributed by atoms with Gasteiger partial charge < -0.3 is 9.47 Å². The van der Waals surface area contributed by atoms with Crippen LogP contribution in [-0.2, 0) is 11.3 Å². The van der Waals surface area contributed by atoms with Crippen LogP contribution in [0.15, 0.2) is 97.1 Å². The van der Waals surface area contributed by atoms with E-state index in [1.54, 1.807) is 0 Å². The molecule has 0 fully saturated rings. The second-order valence-electron chi connectivity index (χ2n) is 7.59. The molecular weight excluding hydrogens is 396 g/mol. The van der Waals surface area contributed by atoms with Gasteiger partial charge in [0.15, 0.2) is 0 Å². The quantitative estimate of drug-likeness (QED) is 0.298. The van der Waals surface area contributed by atoms with Gasteiger partial charge in [0.1, 0.15) is 12.4 Å². The molecule has 32 heavy (non-hydrogen) atoms. The summed E-state index contributed by atoms with van der Waals surface area (Å²) in [6, 6.07) is 32.1. The first kappa shape index (κ1) is 21.4. The molecular formula is C29H26O3. The molecule has 0 amide bonds. The largest absolute Gasteiger partial charge is 0.488 e. The Morgan fingerprint density at radius 2 is 1.34 bits per heavy atom. The van der Waals surface area contributed by atoms with Crippen LogP contribution < -0.4 is 4.74 Å². The zero-order valence-corrected chi connectivity index (χ0v) is 18.4. The van der Waals surface area contributed by atoms with Crippen molar-refractivity contribution >= 4 is 5.97 Å². The van der Waals surface area contributed by atoms with Crippen molar-refractivity contribution in [2.75, 3.05) is 6.61 Å². The number of hydrogen-bond acceptors (Lipinski definition) is 3. The van der Waals surface area contributed by atoms with Crippen molar-refractivity contribution in [3.8, 4) is 28.0 Å². The van der Waals surface area contributed by atoms with Crippen molar-refractivity contribution in [1.82, 2.24) is 0 Å². The van der Waals surface area contributed by atoms with Crippen molar-refractivity contribution in [1.29, 1.82) is 0 Å². The van der Waals surface area contributed by atoms with Crippen molar-refractivity contribution in [3.05, 3.63) is 114 Å². The summed E-state index contributed by atoms with van der Waals surface area (Å²) in [5.41, 5.74) is 6.50. The Morgan fingerprint density at radius 3 is 2.06 bits per heavy atom. The maximum atomic E-state index is 12.7. The second-order valence-corrected chi connectivity index (χ2v) is 7.59. The van der Waals surface area contributed by atoms with E-state index in [-0.39, 0.29) is 5.97 Å². The molecule has 0 saturated heterocycles. The minimum atomic E-state index is -0.311. The third-order valence-corrected chi connectivity index (χ3v) is 5.30. The third kappa shape index (κ3) is 4.73. The summed E-state index contributed by atoms with van der Waals surface area (Å²) in [6.45, 7) is 4.62. The zero-order chi connectivity index (χ0) is 22.3. The van der Waals surface area contributed by atoms with Crippen molar-refractivity contribution in [2.24, 2.45) is 0 Å². The van der Waals surface area contributed by atoms with Gasteiger partial charge in [0.2, 0.25) is 0 Å². The van der Waals surface area contributed by atoms with Crippen LogP contribution in [-0.4, -0.2) is 12.6 Å². The summed E-state index contributed by atoms with van der Waals surface area (Å²) in [7, 11) is 0. The van der Waals surface area contributed by atoms with Crippen LogP contribution in [0.3, 0.4) is 0 Å². The second kappa shape index (κ2) is 9.97. The van der Waals surface area contributed by atoms with Gasteiger partial charge >= 0.3 is 5.97 Å². The molecule has 0 aliphatic heterocycles. The molecule has 0 radical (unpaired) electrons. The Morgan fingerprint density at radius 1 is 0.719 bits per heavy atom. The SMILES string of the molecule is CCOC(=O)c1cc(C)ccc1-c1ccccc1-c1ccccc1OCc1ccccc1. The molecule has 0 unspecified atom stereocenters. The van der Waals surface area contributed by atoms with E-state index < -0.39 is 0 Å². The Bertz CT molecular complexity index is 1210. The molecule has 3 nitrogen and oxygen atoms in total. The van der Waals surface area contributed by atoms with Crippen molar-refractivity contribution in [3.63, 3.8) is 0 Å². The first-order valence-corrected chi connectivity index (χ1v) is 10.8. The minimum Gasteiger partial charge on any atom is -0.488 e. The number of hydrogen-bond donors (Lipinski definition) is 0. The number of benzene rings is 4. The lowest BCUT2D eigenvalue weighted by atomic mass is 9.90. The molecule has 4 rings (SSSR count). The van der Waals surface area contributed by atoms with Gasteiger partial charge in [0.25, 0.3) is 0 Å². The molecule has 4 aromatic rings. The van der Waals surface area contributed by atoms with Gasteiger partial charge in [-0.05, 0) is 48.2 Å². The summed E-state index contributed by atoms with van der Waals surface area (Å²) in [5, 5.41) is 0. The maximum absolute atomic E-state index is 12.7. The molecule has 0 N–H and O–H groups in total. The fourth-order valence-electron chi connectivity index (χ4n) is 3.77. The van der Waals surface area contributed by atoms with Gasteiger partial charge in [-0.15, -0.1) is 0 Å². The number of carbonyl (C=O) groups is 1. The number of ether oxygens (including phenoxy) is 2. The van der Waals surface area contributed by atoms with Crippen LogP contribution in [0.4, 0.5) is 0 Å². The Kier molecular flexibility index (Phi) is 6.66. The topological polar surface area (TPSA) is 35.5 Å². The summed E-state index contributed by atoms with van der Waals surface area (Å²) < 4.78 is 11.6. The summed E-state index contributed by atoms with van der Waals surface area (Å²) in [5.74, 6) is 0.489. The van der Waals surface area contributed by atoms with Crippen molar-refractivity contribution < 1.29 is 14.3 Å². The van der Waals surface area contributed by atoms with Crippen LogP contribution in [0.5, 0.6) is 5.75 Å².